The van der Waals surface area contributed by atoms with Gasteiger partial charge in [0.25, 0.3) is 0 Å². The molecule has 5 nitrogen and oxygen atoms in total. The van der Waals surface area contributed by atoms with Crippen molar-refractivity contribution >= 4 is 11.8 Å². The van der Waals surface area contributed by atoms with Crippen molar-refractivity contribution in [1.82, 2.24) is 10.6 Å². The van der Waals surface area contributed by atoms with Crippen molar-refractivity contribution in [1.29, 1.82) is 0 Å². The average molecular weight is 267 g/mol. The van der Waals surface area contributed by atoms with E-state index in [0.29, 0.717) is 31.8 Å². The summed E-state index contributed by atoms with van der Waals surface area (Å²) in [6, 6.07) is 0.102. The second-order valence-corrected chi connectivity index (χ2v) is 5.79. The molecular formula is C14H25N3O2. The Balaban J connectivity index is 1.83. The molecule has 2 fully saturated rings. The number of nitrogens with one attached hydrogen (secondary N) is 2. The van der Waals surface area contributed by atoms with E-state index in [1.165, 1.54) is 32.1 Å². The van der Waals surface area contributed by atoms with Gasteiger partial charge < -0.3 is 16.4 Å². The SMILES string of the molecule is NCC(NC(=O)C1CCC(=O)NC1)C1CCCCC1. The van der Waals surface area contributed by atoms with Crippen LogP contribution in [0.4, 0.5) is 0 Å². The van der Waals surface area contributed by atoms with Crippen LogP contribution in [0, 0.1) is 11.8 Å². The zero-order valence-corrected chi connectivity index (χ0v) is 11.5. The first-order valence-electron chi connectivity index (χ1n) is 7.48. The molecule has 1 saturated carbocycles. The zero-order valence-electron chi connectivity index (χ0n) is 11.5. The Bertz CT molecular complexity index is 317. The van der Waals surface area contributed by atoms with Gasteiger partial charge in [0.15, 0.2) is 0 Å². The lowest BCUT2D eigenvalue weighted by Gasteiger charge is -2.32. The van der Waals surface area contributed by atoms with E-state index in [1.54, 1.807) is 0 Å². The second-order valence-electron chi connectivity index (χ2n) is 5.79. The summed E-state index contributed by atoms with van der Waals surface area (Å²) in [7, 11) is 0. The number of hydrogen-bond acceptors (Lipinski definition) is 3. The monoisotopic (exact) mass is 267 g/mol. The lowest BCUT2D eigenvalue weighted by molar-refractivity contribution is -0.129. The van der Waals surface area contributed by atoms with Gasteiger partial charge in [0.1, 0.15) is 0 Å². The summed E-state index contributed by atoms with van der Waals surface area (Å²) in [5.74, 6) is 0.545. The fraction of sp³-hybridized carbons (Fsp3) is 0.857. The highest BCUT2D eigenvalue weighted by Gasteiger charge is 2.29. The summed E-state index contributed by atoms with van der Waals surface area (Å²) in [5.41, 5.74) is 5.82. The summed E-state index contributed by atoms with van der Waals surface area (Å²) in [6.07, 6.45) is 7.24. The van der Waals surface area contributed by atoms with Crippen LogP contribution in [0.1, 0.15) is 44.9 Å². The van der Waals surface area contributed by atoms with Crippen LogP contribution in [0.3, 0.4) is 0 Å². The van der Waals surface area contributed by atoms with E-state index in [4.69, 9.17) is 5.73 Å². The number of rotatable bonds is 4. The Kier molecular flexibility index (Phi) is 5.19. The van der Waals surface area contributed by atoms with Gasteiger partial charge in [-0.15, -0.1) is 0 Å². The van der Waals surface area contributed by atoms with Crippen LogP contribution >= 0.6 is 0 Å². The minimum atomic E-state index is -0.0876. The van der Waals surface area contributed by atoms with E-state index in [-0.39, 0.29) is 23.8 Å². The number of amides is 2. The van der Waals surface area contributed by atoms with Crippen molar-refractivity contribution < 1.29 is 9.59 Å². The van der Waals surface area contributed by atoms with Crippen molar-refractivity contribution in [3.63, 3.8) is 0 Å². The van der Waals surface area contributed by atoms with Crippen LogP contribution in [-0.4, -0.2) is 30.9 Å². The van der Waals surface area contributed by atoms with Gasteiger partial charge in [-0.2, -0.15) is 0 Å². The normalized spacial score (nSPS) is 26.6. The Morgan fingerprint density at radius 2 is 2.05 bits per heavy atom. The molecule has 1 heterocycles. The molecule has 2 amide bonds. The third kappa shape index (κ3) is 3.93. The van der Waals surface area contributed by atoms with Crippen LogP contribution < -0.4 is 16.4 Å². The lowest BCUT2D eigenvalue weighted by Crippen LogP contribution is -2.50. The van der Waals surface area contributed by atoms with Gasteiger partial charge >= 0.3 is 0 Å². The molecule has 0 spiro atoms. The maximum atomic E-state index is 12.2. The Morgan fingerprint density at radius 1 is 1.32 bits per heavy atom. The topological polar surface area (TPSA) is 84.2 Å². The first-order valence-corrected chi connectivity index (χ1v) is 7.48. The molecule has 0 aromatic rings. The number of hydrogen-bond donors (Lipinski definition) is 3. The quantitative estimate of drug-likeness (QED) is 0.695. The maximum Gasteiger partial charge on any atom is 0.225 e. The van der Waals surface area contributed by atoms with Gasteiger partial charge in [0.05, 0.1) is 5.92 Å². The van der Waals surface area contributed by atoms with Crippen molar-refractivity contribution in [2.75, 3.05) is 13.1 Å². The third-order valence-electron chi connectivity index (χ3n) is 4.44. The molecule has 1 aliphatic carbocycles. The van der Waals surface area contributed by atoms with Gasteiger partial charge in [0, 0.05) is 25.6 Å². The maximum absolute atomic E-state index is 12.2. The van der Waals surface area contributed by atoms with Crippen LogP contribution in [-0.2, 0) is 9.59 Å². The molecule has 1 saturated heterocycles. The third-order valence-corrected chi connectivity index (χ3v) is 4.44. The highest BCUT2D eigenvalue weighted by atomic mass is 16.2. The summed E-state index contributed by atoms with van der Waals surface area (Å²) >= 11 is 0. The van der Waals surface area contributed by atoms with Crippen molar-refractivity contribution in [3.05, 3.63) is 0 Å². The van der Waals surface area contributed by atoms with Crippen LogP contribution in [0.2, 0.25) is 0 Å². The van der Waals surface area contributed by atoms with E-state index in [1.807, 2.05) is 0 Å². The molecule has 0 aromatic heterocycles. The molecule has 2 aliphatic rings. The zero-order chi connectivity index (χ0) is 13.7. The summed E-state index contributed by atoms with van der Waals surface area (Å²) in [5, 5.41) is 5.86. The molecule has 19 heavy (non-hydrogen) atoms. The molecule has 4 N–H and O–H groups in total. The van der Waals surface area contributed by atoms with Gasteiger partial charge in [-0.25, -0.2) is 0 Å². The first kappa shape index (κ1) is 14.3. The van der Waals surface area contributed by atoms with Crippen molar-refractivity contribution in [2.24, 2.45) is 17.6 Å². The van der Waals surface area contributed by atoms with E-state index in [0.717, 1.165) is 0 Å². The largest absolute Gasteiger partial charge is 0.355 e. The van der Waals surface area contributed by atoms with Gasteiger partial charge in [-0.05, 0) is 25.2 Å². The Labute approximate surface area is 114 Å². The summed E-state index contributed by atoms with van der Waals surface area (Å²) in [6.45, 7) is 0.974. The molecule has 2 rings (SSSR count). The van der Waals surface area contributed by atoms with Gasteiger partial charge in [0.2, 0.25) is 11.8 Å². The minimum Gasteiger partial charge on any atom is -0.355 e. The van der Waals surface area contributed by atoms with Crippen LogP contribution in [0.5, 0.6) is 0 Å². The predicted octanol–water partition coefficient (Wildman–Crippen LogP) is 0.536. The lowest BCUT2D eigenvalue weighted by atomic mass is 9.83. The fourth-order valence-corrected chi connectivity index (χ4v) is 3.16. The first-order chi connectivity index (χ1) is 9.20. The number of carbonyl (C=O) groups excluding carboxylic acids is 2. The molecule has 0 bridgehead atoms. The Hall–Kier alpha value is -1.10. The van der Waals surface area contributed by atoms with Crippen LogP contribution in [0.15, 0.2) is 0 Å². The summed E-state index contributed by atoms with van der Waals surface area (Å²) < 4.78 is 0. The predicted molar refractivity (Wildman–Crippen MR) is 73.3 cm³/mol. The highest BCUT2D eigenvalue weighted by Crippen LogP contribution is 2.26. The van der Waals surface area contributed by atoms with E-state index in [2.05, 4.69) is 10.6 Å². The molecule has 0 radical (unpaired) electrons. The highest BCUT2D eigenvalue weighted by molar-refractivity contribution is 5.83. The number of carbonyl (C=O) groups is 2. The molecule has 5 heteroatoms. The minimum absolute atomic E-state index is 0.0479. The Morgan fingerprint density at radius 3 is 2.63 bits per heavy atom. The molecule has 0 aromatic carbocycles. The molecule has 108 valence electrons. The van der Waals surface area contributed by atoms with E-state index < -0.39 is 0 Å². The number of nitrogens with two attached hydrogens (primary N) is 1. The van der Waals surface area contributed by atoms with Gasteiger partial charge in [-0.1, -0.05) is 19.3 Å². The average Bonchev–Trinajstić information content (AvgIpc) is 2.46. The molecule has 2 unspecified atom stereocenters. The van der Waals surface area contributed by atoms with Gasteiger partial charge in [-0.3, -0.25) is 9.59 Å². The van der Waals surface area contributed by atoms with E-state index >= 15 is 0 Å². The van der Waals surface area contributed by atoms with Crippen molar-refractivity contribution in [2.45, 2.75) is 51.0 Å². The summed E-state index contributed by atoms with van der Waals surface area (Å²) in [4.78, 5) is 23.3. The molecule has 2 atom stereocenters. The van der Waals surface area contributed by atoms with Crippen LogP contribution in [0.25, 0.3) is 0 Å². The standard InChI is InChI=1S/C14H25N3O2/c15-8-12(10-4-2-1-3-5-10)17-14(19)11-6-7-13(18)16-9-11/h10-12H,1-9,15H2,(H,16,18)(H,17,19). The molecule has 1 aliphatic heterocycles. The number of piperidine rings is 1. The fourth-order valence-electron chi connectivity index (χ4n) is 3.16. The van der Waals surface area contributed by atoms with E-state index in [9.17, 15) is 9.59 Å². The second kappa shape index (κ2) is 6.89. The smallest absolute Gasteiger partial charge is 0.225 e. The molecular weight excluding hydrogens is 242 g/mol. The van der Waals surface area contributed by atoms with Crippen molar-refractivity contribution in [3.8, 4) is 0 Å².